The summed E-state index contributed by atoms with van der Waals surface area (Å²) in [6, 6.07) is 0. The summed E-state index contributed by atoms with van der Waals surface area (Å²) in [5, 5.41) is 10.0. The molecular weight excluding hydrogens is 272 g/mol. The van der Waals surface area contributed by atoms with Gasteiger partial charge in [-0.1, -0.05) is 13.8 Å². The van der Waals surface area contributed by atoms with E-state index in [-0.39, 0.29) is 11.8 Å². The Bertz CT molecular complexity index is 314. The average molecular weight is 300 g/mol. The highest BCUT2D eigenvalue weighted by Crippen LogP contribution is 2.25. The summed E-state index contributed by atoms with van der Waals surface area (Å²) >= 11 is 2.02. The Morgan fingerprint density at radius 1 is 1.30 bits per heavy atom. The van der Waals surface area contributed by atoms with Crippen molar-refractivity contribution in [2.45, 2.75) is 38.9 Å². The zero-order valence-electron chi connectivity index (χ0n) is 12.9. The van der Waals surface area contributed by atoms with Gasteiger partial charge in [0.2, 0.25) is 5.91 Å². The molecule has 1 unspecified atom stereocenters. The maximum atomic E-state index is 11.4. The van der Waals surface area contributed by atoms with Crippen molar-refractivity contribution in [3.8, 4) is 0 Å². The van der Waals surface area contributed by atoms with Gasteiger partial charge in [-0.3, -0.25) is 9.79 Å². The lowest BCUT2D eigenvalue weighted by molar-refractivity contribution is -0.123. The molecule has 20 heavy (non-hydrogen) atoms. The zero-order valence-corrected chi connectivity index (χ0v) is 13.7. The Kier molecular flexibility index (Phi) is 8.49. The molecule has 0 bridgehead atoms. The van der Waals surface area contributed by atoms with E-state index in [1.807, 2.05) is 25.6 Å². The molecule has 116 valence electrons. The van der Waals surface area contributed by atoms with Gasteiger partial charge in [0, 0.05) is 30.8 Å². The summed E-state index contributed by atoms with van der Waals surface area (Å²) in [5.41, 5.74) is 0. The van der Waals surface area contributed by atoms with E-state index in [2.05, 4.69) is 27.9 Å². The minimum Gasteiger partial charge on any atom is -0.357 e. The Hall–Kier alpha value is -0.910. The van der Waals surface area contributed by atoms with E-state index in [1.165, 1.54) is 18.6 Å². The van der Waals surface area contributed by atoms with Crippen LogP contribution in [0, 0.1) is 5.92 Å². The van der Waals surface area contributed by atoms with Crippen molar-refractivity contribution in [2.75, 3.05) is 31.9 Å². The van der Waals surface area contributed by atoms with Crippen LogP contribution in [0.25, 0.3) is 0 Å². The van der Waals surface area contributed by atoms with Crippen LogP contribution in [0.4, 0.5) is 0 Å². The van der Waals surface area contributed by atoms with Gasteiger partial charge < -0.3 is 16.0 Å². The Morgan fingerprint density at radius 2 is 2.05 bits per heavy atom. The molecule has 0 aliphatic carbocycles. The maximum Gasteiger partial charge on any atom is 0.222 e. The van der Waals surface area contributed by atoms with E-state index in [0.717, 1.165) is 19.0 Å². The van der Waals surface area contributed by atoms with Gasteiger partial charge in [-0.25, -0.2) is 0 Å². The van der Waals surface area contributed by atoms with Gasteiger partial charge in [-0.15, -0.1) is 0 Å². The smallest absolute Gasteiger partial charge is 0.222 e. The minimum absolute atomic E-state index is 0.0382. The largest absolute Gasteiger partial charge is 0.357 e. The van der Waals surface area contributed by atoms with Gasteiger partial charge in [0.15, 0.2) is 5.96 Å². The molecule has 0 saturated carbocycles. The van der Waals surface area contributed by atoms with Crippen LogP contribution in [0.15, 0.2) is 4.99 Å². The molecule has 1 amide bonds. The number of guanidine groups is 1. The Balaban J connectivity index is 2.23. The predicted octanol–water partition coefficient (Wildman–Crippen LogP) is 1.21. The number of thioether (sulfide) groups is 1. The number of rotatable bonds is 7. The Labute approximate surface area is 126 Å². The van der Waals surface area contributed by atoms with Crippen molar-refractivity contribution in [1.82, 2.24) is 16.0 Å². The molecule has 1 aliphatic rings. The second kappa shape index (κ2) is 9.91. The number of aliphatic imine (C=N–C) groups is 1. The standard InChI is InChI=1S/C14H28N4OS/c1-4-15-14(18-10-12-6-5-9-20-12)17-8-7-16-13(19)11(2)3/h11-12H,4-10H2,1-3H3,(H,16,19)(H2,15,17,18). The first-order valence-electron chi connectivity index (χ1n) is 7.55. The van der Waals surface area contributed by atoms with E-state index in [9.17, 15) is 4.79 Å². The van der Waals surface area contributed by atoms with Crippen molar-refractivity contribution < 1.29 is 4.79 Å². The van der Waals surface area contributed by atoms with Gasteiger partial charge in [0.25, 0.3) is 0 Å². The number of nitrogens with one attached hydrogen (secondary N) is 3. The second-order valence-electron chi connectivity index (χ2n) is 5.23. The molecule has 3 N–H and O–H groups in total. The highest BCUT2D eigenvalue weighted by molar-refractivity contribution is 8.00. The molecule has 1 atom stereocenters. The summed E-state index contributed by atoms with van der Waals surface area (Å²) in [4.78, 5) is 16.0. The van der Waals surface area contributed by atoms with E-state index in [1.54, 1.807) is 0 Å². The summed E-state index contributed by atoms with van der Waals surface area (Å²) < 4.78 is 0. The summed E-state index contributed by atoms with van der Waals surface area (Å²) in [7, 11) is 0. The fourth-order valence-electron chi connectivity index (χ4n) is 1.89. The van der Waals surface area contributed by atoms with Crippen molar-refractivity contribution >= 4 is 23.6 Å². The quantitative estimate of drug-likeness (QED) is 0.376. The van der Waals surface area contributed by atoms with Crippen LogP contribution in [0.5, 0.6) is 0 Å². The number of carbonyl (C=O) groups excluding carboxylic acids is 1. The third-order valence-electron chi connectivity index (χ3n) is 3.06. The average Bonchev–Trinajstić information content (AvgIpc) is 2.93. The highest BCUT2D eigenvalue weighted by Gasteiger charge is 2.14. The van der Waals surface area contributed by atoms with E-state index in [4.69, 9.17) is 0 Å². The maximum absolute atomic E-state index is 11.4. The van der Waals surface area contributed by atoms with Gasteiger partial charge in [0.05, 0.1) is 6.54 Å². The van der Waals surface area contributed by atoms with Crippen molar-refractivity contribution in [1.29, 1.82) is 0 Å². The van der Waals surface area contributed by atoms with Gasteiger partial charge >= 0.3 is 0 Å². The summed E-state index contributed by atoms with van der Waals surface area (Å²) in [6.07, 6.45) is 2.59. The van der Waals surface area contributed by atoms with Crippen LogP contribution in [0.1, 0.15) is 33.6 Å². The summed E-state index contributed by atoms with van der Waals surface area (Å²) in [5.74, 6) is 2.25. The molecule has 0 radical (unpaired) electrons. The topological polar surface area (TPSA) is 65.5 Å². The molecule has 0 aromatic rings. The third-order valence-corrected chi connectivity index (χ3v) is 4.44. The number of amides is 1. The van der Waals surface area contributed by atoms with Crippen LogP contribution in [0.3, 0.4) is 0 Å². The molecule has 0 spiro atoms. The first-order valence-corrected chi connectivity index (χ1v) is 8.59. The van der Waals surface area contributed by atoms with Crippen molar-refractivity contribution in [2.24, 2.45) is 10.9 Å². The first-order chi connectivity index (χ1) is 9.63. The van der Waals surface area contributed by atoms with Gasteiger partial charge in [-0.2, -0.15) is 11.8 Å². The second-order valence-corrected chi connectivity index (χ2v) is 6.64. The van der Waals surface area contributed by atoms with Crippen LogP contribution in [0.2, 0.25) is 0 Å². The SMILES string of the molecule is CCNC(=NCC1CCCS1)NCCNC(=O)C(C)C. The van der Waals surface area contributed by atoms with E-state index >= 15 is 0 Å². The molecule has 1 aliphatic heterocycles. The normalized spacial score (nSPS) is 19.2. The Morgan fingerprint density at radius 3 is 2.65 bits per heavy atom. The van der Waals surface area contributed by atoms with Crippen molar-refractivity contribution in [3.05, 3.63) is 0 Å². The fraction of sp³-hybridized carbons (Fsp3) is 0.857. The molecule has 5 nitrogen and oxygen atoms in total. The fourth-order valence-corrected chi connectivity index (χ4v) is 3.07. The van der Waals surface area contributed by atoms with E-state index < -0.39 is 0 Å². The number of carbonyl (C=O) groups is 1. The minimum atomic E-state index is 0.0382. The predicted molar refractivity (Wildman–Crippen MR) is 87.3 cm³/mol. The first kappa shape index (κ1) is 17.1. The summed E-state index contributed by atoms with van der Waals surface area (Å²) in [6.45, 7) is 8.89. The molecule has 0 aromatic carbocycles. The number of hydrogen-bond acceptors (Lipinski definition) is 3. The van der Waals surface area contributed by atoms with Crippen LogP contribution in [-0.4, -0.2) is 49.0 Å². The molecule has 6 heteroatoms. The number of nitrogens with zero attached hydrogens (tertiary/aromatic N) is 1. The van der Waals surface area contributed by atoms with Crippen molar-refractivity contribution in [3.63, 3.8) is 0 Å². The molecule has 1 saturated heterocycles. The van der Waals surface area contributed by atoms with Crippen LogP contribution < -0.4 is 16.0 Å². The lowest BCUT2D eigenvalue weighted by Crippen LogP contribution is -2.42. The van der Waals surface area contributed by atoms with Crippen LogP contribution >= 0.6 is 11.8 Å². The highest BCUT2D eigenvalue weighted by atomic mass is 32.2. The van der Waals surface area contributed by atoms with Crippen LogP contribution in [-0.2, 0) is 4.79 Å². The van der Waals surface area contributed by atoms with E-state index in [0.29, 0.717) is 18.3 Å². The molecular formula is C14H28N4OS. The molecule has 1 fully saturated rings. The lowest BCUT2D eigenvalue weighted by Gasteiger charge is -2.13. The van der Waals surface area contributed by atoms with Gasteiger partial charge in [-0.05, 0) is 25.5 Å². The van der Waals surface area contributed by atoms with Gasteiger partial charge in [0.1, 0.15) is 0 Å². The number of hydrogen-bond donors (Lipinski definition) is 3. The lowest BCUT2D eigenvalue weighted by atomic mass is 10.2. The monoisotopic (exact) mass is 300 g/mol. The molecule has 0 aromatic heterocycles. The third kappa shape index (κ3) is 7.03. The molecule has 1 rings (SSSR count). The molecule has 1 heterocycles. The zero-order chi connectivity index (χ0) is 14.8.